The summed E-state index contributed by atoms with van der Waals surface area (Å²) in [7, 11) is 1.78. The van der Waals surface area contributed by atoms with Gasteiger partial charge in [-0.25, -0.2) is 0 Å². The van der Waals surface area contributed by atoms with Crippen molar-refractivity contribution >= 4 is 29.9 Å². The maximum absolute atomic E-state index is 5.82. The Morgan fingerprint density at radius 1 is 1.41 bits per heavy atom. The molecule has 7 heteroatoms. The van der Waals surface area contributed by atoms with Gasteiger partial charge in [-0.2, -0.15) is 0 Å². The minimum atomic E-state index is 0. The van der Waals surface area contributed by atoms with Crippen molar-refractivity contribution in [2.45, 2.75) is 26.9 Å². The number of nitrogens with zero attached hydrogens (tertiary/aromatic N) is 2. The largest absolute Gasteiger partial charge is 0.380 e. The number of ether oxygens (including phenoxy) is 2. The Balaban J connectivity index is 0.00000441. The summed E-state index contributed by atoms with van der Waals surface area (Å²) in [5.74, 6) is 1.50. The second-order valence-electron chi connectivity index (χ2n) is 5.72. The predicted octanol–water partition coefficient (Wildman–Crippen LogP) is 1.16. The van der Waals surface area contributed by atoms with Crippen molar-refractivity contribution in [3.8, 4) is 0 Å². The molecule has 22 heavy (non-hydrogen) atoms. The summed E-state index contributed by atoms with van der Waals surface area (Å²) in [5.41, 5.74) is 0. The van der Waals surface area contributed by atoms with E-state index in [9.17, 15) is 0 Å². The summed E-state index contributed by atoms with van der Waals surface area (Å²) >= 11 is 0. The molecule has 0 amide bonds. The van der Waals surface area contributed by atoms with Gasteiger partial charge in [-0.3, -0.25) is 9.89 Å². The lowest BCUT2D eigenvalue weighted by Crippen LogP contribution is -2.50. The second kappa shape index (κ2) is 13.3. The van der Waals surface area contributed by atoms with Crippen LogP contribution in [0.15, 0.2) is 4.99 Å². The standard InChI is InChI=1S/C15H32N4O2.HI/c1-5-20-8-6-17-15(16-4)18-10-14-12-19(7-9-21-14)11-13(2)3;/h13-14H,5-12H2,1-4H3,(H2,16,17,18);1H. The Hall–Kier alpha value is -0.120. The van der Waals surface area contributed by atoms with E-state index in [1.807, 2.05) is 6.92 Å². The van der Waals surface area contributed by atoms with E-state index in [1.165, 1.54) is 0 Å². The second-order valence-corrected chi connectivity index (χ2v) is 5.72. The van der Waals surface area contributed by atoms with Gasteiger partial charge in [-0.15, -0.1) is 24.0 Å². The van der Waals surface area contributed by atoms with E-state index in [0.29, 0.717) is 12.5 Å². The monoisotopic (exact) mass is 428 g/mol. The van der Waals surface area contributed by atoms with Crippen LogP contribution in [0.4, 0.5) is 0 Å². The van der Waals surface area contributed by atoms with Gasteiger partial charge in [0.25, 0.3) is 0 Å². The molecule has 0 aromatic heterocycles. The van der Waals surface area contributed by atoms with E-state index >= 15 is 0 Å². The summed E-state index contributed by atoms with van der Waals surface area (Å²) in [6, 6.07) is 0. The molecule has 1 unspecified atom stereocenters. The SMILES string of the molecule is CCOCCNC(=NC)NCC1CN(CC(C)C)CCO1.I. The average Bonchev–Trinajstić information content (AvgIpc) is 2.46. The van der Waals surface area contributed by atoms with E-state index in [0.717, 1.165) is 51.9 Å². The number of guanidine groups is 1. The maximum atomic E-state index is 5.82. The molecule has 1 rings (SSSR count). The van der Waals surface area contributed by atoms with Crippen molar-refractivity contribution in [2.24, 2.45) is 10.9 Å². The van der Waals surface area contributed by atoms with Gasteiger partial charge in [-0.05, 0) is 12.8 Å². The zero-order chi connectivity index (χ0) is 15.5. The molecule has 1 aliphatic heterocycles. The van der Waals surface area contributed by atoms with Crippen molar-refractivity contribution in [1.29, 1.82) is 0 Å². The summed E-state index contributed by atoms with van der Waals surface area (Å²) in [6.45, 7) is 13.5. The first-order chi connectivity index (χ1) is 10.2. The van der Waals surface area contributed by atoms with Crippen LogP contribution >= 0.6 is 24.0 Å². The van der Waals surface area contributed by atoms with Crippen LogP contribution in [0, 0.1) is 5.92 Å². The first-order valence-electron chi connectivity index (χ1n) is 8.01. The minimum absolute atomic E-state index is 0. The first kappa shape index (κ1) is 21.9. The van der Waals surface area contributed by atoms with E-state index in [4.69, 9.17) is 9.47 Å². The summed E-state index contributed by atoms with van der Waals surface area (Å²) in [4.78, 5) is 6.69. The predicted molar refractivity (Wildman–Crippen MR) is 102 cm³/mol. The Morgan fingerprint density at radius 2 is 2.18 bits per heavy atom. The molecule has 0 spiro atoms. The molecule has 0 aromatic rings. The number of nitrogens with one attached hydrogen (secondary N) is 2. The van der Waals surface area contributed by atoms with Crippen molar-refractivity contribution in [2.75, 3.05) is 59.6 Å². The molecular weight excluding hydrogens is 395 g/mol. The molecule has 6 nitrogen and oxygen atoms in total. The Bertz CT molecular complexity index is 303. The van der Waals surface area contributed by atoms with Crippen LogP contribution in [0.25, 0.3) is 0 Å². The molecule has 0 saturated carbocycles. The lowest BCUT2D eigenvalue weighted by Gasteiger charge is -2.34. The van der Waals surface area contributed by atoms with E-state index in [1.54, 1.807) is 7.05 Å². The van der Waals surface area contributed by atoms with Crippen LogP contribution in [0.5, 0.6) is 0 Å². The van der Waals surface area contributed by atoms with E-state index in [-0.39, 0.29) is 30.1 Å². The minimum Gasteiger partial charge on any atom is -0.380 e. The van der Waals surface area contributed by atoms with Crippen LogP contribution in [-0.4, -0.2) is 76.6 Å². The highest BCUT2D eigenvalue weighted by molar-refractivity contribution is 14.0. The zero-order valence-electron chi connectivity index (χ0n) is 14.4. The summed E-state index contributed by atoms with van der Waals surface area (Å²) in [5, 5.41) is 6.55. The maximum Gasteiger partial charge on any atom is 0.191 e. The number of hydrogen-bond acceptors (Lipinski definition) is 4. The average molecular weight is 428 g/mol. The van der Waals surface area contributed by atoms with Crippen LogP contribution in [-0.2, 0) is 9.47 Å². The molecule has 1 heterocycles. The molecule has 1 saturated heterocycles. The van der Waals surface area contributed by atoms with Crippen LogP contribution in [0.2, 0.25) is 0 Å². The van der Waals surface area contributed by atoms with Crippen molar-refractivity contribution in [3.05, 3.63) is 0 Å². The van der Waals surface area contributed by atoms with E-state index in [2.05, 4.69) is 34.4 Å². The Morgan fingerprint density at radius 3 is 2.82 bits per heavy atom. The third kappa shape index (κ3) is 9.81. The molecule has 1 atom stereocenters. The van der Waals surface area contributed by atoms with Crippen LogP contribution in [0.3, 0.4) is 0 Å². The number of hydrogen-bond donors (Lipinski definition) is 2. The Kier molecular flexibility index (Phi) is 13.3. The molecular formula is C15H33IN4O2. The highest BCUT2D eigenvalue weighted by Crippen LogP contribution is 2.07. The van der Waals surface area contributed by atoms with Crippen LogP contribution in [0.1, 0.15) is 20.8 Å². The van der Waals surface area contributed by atoms with Gasteiger partial charge in [-0.1, -0.05) is 13.8 Å². The van der Waals surface area contributed by atoms with Gasteiger partial charge in [0.2, 0.25) is 0 Å². The molecule has 0 bridgehead atoms. The summed E-state index contributed by atoms with van der Waals surface area (Å²) < 4.78 is 11.1. The van der Waals surface area contributed by atoms with Gasteiger partial charge >= 0.3 is 0 Å². The normalized spacial score (nSPS) is 19.9. The molecule has 132 valence electrons. The number of morpholine rings is 1. The topological polar surface area (TPSA) is 58.1 Å². The number of halogens is 1. The van der Waals surface area contributed by atoms with Gasteiger partial charge in [0.05, 0.1) is 19.3 Å². The zero-order valence-corrected chi connectivity index (χ0v) is 16.8. The third-order valence-corrected chi connectivity index (χ3v) is 3.31. The quantitative estimate of drug-likeness (QED) is 0.263. The molecule has 1 aliphatic rings. The fourth-order valence-corrected chi connectivity index (χ4v) is 2.40. The van der Waals surface area contributed by atoms with Gasteiger partial charge < -0.3 is 20.1 Å². The molecule has 0 aliphatic carbocycles. The lowest BCUT2D eigenvalue weighted by atomic mass is 10.2. The van der Waals surface area contributed by atoms with Crippen LogP contribution < -0.4 is 10.6 Å². The lowest BCUT2D eigenvalue weighted by molar-refractivity contribution is -0.0284. The van der Waals surface area contributed by atoms with Crippen molar-refractivity contribution in [1.82, 2.24) is 15.5 Å². The van der Waals surface area contributed by atoms with Crippen molar-refractivity contribution < 1.29 is 9.47 Å². The molecule has 0 aromatic carbocycles. The first-order valence-corrected chi connectivity index (χ1v) is 8.01. The molecule has 2 N–H and O–H groups in total. The fourth-order valence-electron chi connectivity index (χ4n) is 2.40. The summed E-state index contributed by atoms with van der Waals surface area (Å²) in [6.07, 6.45) is 0.225. The molecule has 0 radical (unpaired) electrons. The fraction of sp³-hybridized carbons (Fsp3) is 0.933. The van der Waals surface area contributed by atoms with Gasteiger partial charge in [0.1, 0.15) is 0 Å². The Labute approximate surface area is 152 Å². The van der Waals surface area contributed by atoms with Crippen molar-refractivity contribution in [3.63, 3.8) is 0 Å². The van der Waals surface area contributed by atoms with Gasteiger partial charge in [0.15, 0.2) is 5.96 Å². The third-order valence-electron chi connectivity index (χ3n) is 3.31. The number of aliphatic imine (C=N–C) groups is 1. The van der Waals surface area contributed by atoms with Gasteiger partial charge in [0, 0.05) is 46.4 Å². The highest BCUT2D eigenvalue weighted by Gasteiger charge is 2.20. The molecule has 1 fully saturated rings. The van der Waals surface area contributed by atoms with E-state index < -0.39 is 0 Å². The number of rotatable bonds is 8. The smallest absolute Gasteiger partial charge is 0.191 e. The highest BCUT2D eigenvalue weighted by atomic mass is 127.